The molecule has 0 aliphatic carbocycles. The van der Waals surface area contributed by atoms with Crippen LogP contribution in [0.15, 0.2) is 42.9 Å². The number of amides is 2. The van der Waals surface area contributed by atoms with Crippen LogP contribution in [-0.4, -0.2) is 77.7 Å². The smallest absolute Gasteiger partial charge is 0.323 e. The van der Waals surface area contributed by atoms with Gasteiger partial charge in [0.2, 0.25) is 0 Å². The molecular weight excluding hydrogens is 424 g/mol. The van der Waals surface area contributed by atoms with Gasteiger partial charge in [0.25, 0.3) is 0 Å². The Kier molecular flexibility index (Phi) is 5.47. The van der Waals surface area contributed by atoms with E-state index in [2.05, 4.69) is 44.0 Å². The van der Waals surface area contributed by atoms with Gasteiger partial charge in [0.1, 0.15) is 5.82 Å². The summed E-state index contributed by atoms with van der Waals surface area (Å²) in [5.41, 5.74) is 2.71. The van der Waals surface area contributed by atoms with Crippen LogP contribution in [0.1, 0.15) is 50.5 Å². The number of hydrogen-bond acceptors (Lipinski definition) is 5. The van der Waals surface area contributed by atoms with Crippen molar-refractivity contribution in [1.82, 2.24) is 19.8 Å². The number of anilines is 2. The lowest BCUT2D eigenvalue weighted by atomic mass is 9.67. The lowest BCUT2D eigenvalue weighted by Gasteiger charge is -2.51. The van der Waals surface area contributed by atoms with E-state index in [1.807, 2.05) is 31.4 Å². The van der Waals surface area contributed by atoms with Crippen LogP contribution >= 0.6 is 0 Å². The molecule has 5 heterocycles. The van der Waals surface area contributed by atoms with E-state index in [4.69, 9.17) is 0 Å². The average Bonchev–Trinajstić information content (AvgIpc) is 3.14. The maximum Gasteiger partial charge on any atom is 0.323 e. The fourth-order valence-electron chi connectivity index (χ4n) is 7.26. The first-order valence-corrected chi connectivity index (χ1v) is 12.9. The average molecular weight is 461 g/mol. The molecule has 4 aliphatic rings. The van der Waals surface area contributed by atoms with Gasteiger partial charge in [0, 0.05) is 62.3 Å². The summed E-state index contributed by atoms with van der Waals surface area (Å²) in [5.74, 6) is 1.06. The standard InChI is InChI=1S/C27H36N6O/c1-30(2)26(34)32-16-11-27(23-5-3-4-6-24(23)32)9-14-31(15-10-27)22-17-20-7-8-21(18-22)33(20)25-19-28-12-13-29-25/h3-6,12-13,19-22H,7-11,14-18H2,1-2H3. The van der Waals surface area contributed by atoms with Crippen molar-refractivity contribution in [2.45, 2.75) is 68.5 Å². The molecule has 1 aromatic heterocycles. The Bertz CT molecular complexity index is 1020. The van der Waals surface area contributed by atoms with Gasteiger partial charge >= 0.3 is 6.03 Å². The number of nitrogens with zero attached hydrogens (tertiary/aromatic N) is 6. The van der Waals surface area contributed by atoms with Gasteiger partial charge in [-0.15, -0.1) is 0 Å². The summed E-state index contributed by atoms with van der Waals surface area (Å²) in [6, 6.07) is 10.6. The number of benzene rings is 1. The van der Waals surface area contributed by atoms with Crippen molar-refractivity contribution in [2.75, 3.05) is 43.5 Å². The number of hydrogen-bond donors (Lipinski definition) is 0. The molecule has 1 aromatic carbocycles. The highest BCUT2D eigenvalue weighted by Gasteiger charge is 2.47. The fourth-order valence-corrected chi connectivity index (χ4v) is 7.26. The van der Waals surface area contributed by atoms with Crippen LogP contribution in [0.2, 0.25) is 0 Å². The van der Waals surface area contributed by atoms with Gasteiger partial charge in [-0.05, 0) is 69.7 Å². The van der Waals surface area contributed by atoms with E-state index in [-0.39, 0.29) is 11.4 Å². The molecule has 0 radical (unpaired) electrons. The fraction of sp³-hybridized carbons (Fsp3) is 0.593. The molecular formula is C27H36N6O. The van der Waals surface area contributed by atoms with E-state index in [0.29, 0.717) is 18.1 Å². The van der Waals surface area contributed by atoms with Crippen LogP contribution in [-0.2, 0) is 5.41 Å². The van der Waals surface area contributed by atoms with Gasteiger partial charge in [0.15, 0.2) is 0 Å². The van der Waals surface area contributed by atoms with Crippen molar-refractivity contribution in [2.24, 2.45) is 0 Å². The Morgan fingerprint density at radius 1 is 0.971 bits per heavy atom. The Labute approximate surface area is 202 Å². The summed E-state index contributed by atoms with van der Waals surface area (Å²) in [5, 5.41) is 0. The molecule has 7 heteroatoms. The third-order valence-corrected chi connectivity index (χ3v) is 8.99. The van der Waals surface area contributed by atoms with Crippen molar-refractivity contribution in [3.63, 3.8) is 0 Å². The topological polar surface area (TPSA) is 55.8 Å². The minimum absolute atomic E-state index is 0.0880. The Morgan fingerprint density at radius 2 is 1.68 bits per heavy atom. The molecule has 2 unspecified atom stereocenters. The monoisotopic (exact) mass is 460 g/mol. The van der Waals surface area contributed by atoms with Crippen LogP contribution in [0.3, 0.4) is 0 Å². The number of carbonyl (C=O) groups is 1. The van der Waals surface area contributed by atoms with Gasteiger partial charge in [-0.3, -0.25) is 9.88 Å². The maximum atomic E-state index is 12.8. The highest BCUT2D eigenvalue weighted by atomic mass is 16.2. The van der Waals surface area contributed by atoms with E-state index in [0.717, 1.165) is 37.6 Å². The number of rotatable bonds is 2. The highest BCUT2D eigenvalue weighted by molar-refractivity contribution is 5.93. The number of fused-ring (bicyclic) bond motifs is 4. The lowest BCUT2D eigenvalue weighted by Crippen LogP contribution is -2.55. The minimum atomic E-state index is 0.0880. The van der Waals surface area contributed by atoms with E-state index in [1.165, 1.54) is 44.1 Å². The van der Waals surface area contributed by atoms with Crippen LogP contribution in [0.4, 0.5) is 16.3 Å². The molecule has 0 saturated carbocycles. The quantitative estimate of drug-likeness (QED) is 0.680. The number of aromatic nitrogens is 2. The van der Waals surface area contributed by atoms with Crippen LogP contribution in [0.5, 0.6) is 0 Å². The second-order valence-corrected chi connectivity index (χ2v) is 10.9. The Balaban J connectivity index is 1.16. The van der Waals surface area contributed by atoms with Gasteiger partial charge in [0.05, 0.1) is 6.20 Å². The summed E-state index contributed by atoms with van der Waals surface area (Å²) < 4.78 is 0. The second kappa shape index (κ2) is 8.52. The SMILES string of the molecule is CN(C)C(=O)N1CCC2(CCN(C3CC4CCC(C3)N4c3cnccn3)CC2)c2ccccc21. The van der Waals surface area contributed by atoms with Gasteiger partial charge in [-0.25, -0.2) is 9.78 Å². The van der Waals surface area contributed by atoms with Crippen molar-refractivity contribution < 1.29 is 4.79 Å². The molecule has 7 nitrogen and oxygen atoms in total. The zero-order chi connectivity index (χ0) is 23.3. The van der Waals surface area contributed by atoms with Gasteiger partial charge in [-0.2, -0.15) is 0 Å². The molecule has 2 amide bonds. The molecule has 3 fully saturated rings. The molecule has 1 spiro atoms. The van der Waals surface area contributed by atoms with Gasteiger partial charge in [-0.1, -0.05) is 18.2 Å². The van der Waals surface area contributed by atoms with Crippen molar-refractivity contribution in [1.29, 1.82) is 0 Å². The summed E-state index contributed by atoms with van der Waals surface area (Å²) in [6.07, 6.45) is 14.0. The van der Waals surface area contributed by atoms with Crippen LogP contribution in [0, 0.1) is 0 Å². The normalized spacial score (nSPS) is 28.1. The predicted molar refractivity (Wildman–Crippen MR) is 134 cm³/mol. The first-order valence-electron chi connectivity index (χ1n) is 12.9. The number of urea groups is 1. The number of piperidine rings is 2. The predicted octanol–water partition coefficient (Wildman–Crippen LogP) is 3.90. The van der Waals surface area contributed by atoms with E-state index in [9.17, 15) is 4.79 Å². The Hall–Kier alpha value is -2.67. The molecule has 3 saturated heterocycles. The first kappa shape index (κ1) is 21.8. The zero-order valence-corrected chi connectivity index (χ0v) is 20.4. The summed E-state index contributed by atoms with van der Waals surface area (Å²) in [4.78, 5) is 30.8. The maximum absolute atomic E-state index is 12.8. The highest BCUT2D eigenvalue weighted by Crippen LogP contribution is 2.48. The molecule has 0 N–H and O–H groups in total. The Morgan fingerprint density at radius 3 is 2.35 bits per heavy atom. The number of likely N-dealkylation sites (tertiary alicyclic amines) is 1. The molecule has 2 aromatic rings. The minimum Gasteiger partial charge on any atom is -0.349 e. The van der Waals surface area contributed by atoms with E-state index in [1.54, 1.807) is 11.1 Å². The van der Waals surface area contributed by atoms with Crippen LogP contribution < -0.4 is 9.80 Å². The molecule has 2 atom stereocenters. The van der Waals surface area contributed by atoms with Crippen molar-refractivity contribution in [3.8, 4) is 0 Å². The molecule has 2 bridgehead atoms. The molecule has 34 heavy (non-hydrogen) atoms. The number of para-hydroxylation sites is 1. The third-order valence-electron chi connectivity index (χ3n) is 8.99. The van der Waals surface area contributed by atoms with Crippen molar-refractivity contribution in [3.05, 3.63) is 48.4 Å². The van der Waals surface area contributed by atoms with Crippen molar-refractivity contribution >= 4 is 17.5 Å². The van der Waals surface area contributed by atoms with E-state index < -0.39 is 0 Å². The summed E-state index contributed by atoms with van der Waals surface area (Å²) >= 11 is 0. The molecule has 4 aliphatic heterocycles. The molecule has 6 rings (SSSR count). The third kappa shape index (κ3) is 3.56. The van der Waals surface area contributed by atoms with Crippen LogP contribution in [0.25, 0.3) is 0 Å². The summed E-state index contributed by atoms with van der Waals surface area (Å²) in [6.45, 7) is 3.13. The van der Waals surface area contributed by atoms with Gasteiger partial charge < -0.3 is 14.7 Å². The largest absolute Gasteiger partial charge is 0.349 e. The number of carbonyl (C=O) groups excluding carboxylic acids is 1. The first-order chi connectivity index (χ1) is 16.6. The molecule has 180 valence electrons. The zero-order valence-electron chi connectivity index (χ0n) is 20.4. The second-order valence-electron chi connectivity index (χ2n) is 10.9. The lowest BCUT2D eigenvalue weighted by molar-refractivity contribution is 0.0862. The van der Waals surface area contributed by atoms with E-state index >= 15 is 0 Å². The summed E-state index contributed by atoms with van der Waals surface area (Å²) in [7, 11) is 3.69.